The maximum Gasteiger partial charge on any atom is 0.0469 e. The van der Waals surface area contributed by atoms with Crippen molar-refractivity contribution in [3.63, 3.8) is 0 Å². The molecule has 2 aliphatic heterocycles. The van der Waals surface area contributed by atoms with Crippen LogP contribution in [0.1, 0.15) is 36.9 Å². The van der Waals surface area contributed by atoms with Crippen LogP contribution in [0.2, 0.25) is 0 Å². The molecule has 3 nitrogen and oxygen atoms in total. The molecule has 2 saturated heterocycles. The number of aromatic nitrogens is 1. The molecule has 0 aliphatic carbocycles. The number of hydrogen-bond acceptors (Lipinski definition) is 3. The SMILES string of the molecule is Cc1cc(CC2CCN(CC3CCOCC3)CC2)ccn1. The summed E-state index contributed by atoms with van der Waals surface area (Å²) in [7, 11) is 0. The van der Waals surface area contributed by atoms with Crippen molar-refractivity contribution in [1.82, 2.24) is 9.88 Å². The van der Waals surface area contributed by atoms with E-state index in [0.717, 1.165) is 30.7 Å². The van der Waals surface area contributed by atoms with Crippen LogP contribution >= 0.6 is 0 Å². The number of rotatable bonds is 4. The maximum atomic E-state index is 5.46. The van der Waals surface area contributed by atoms with Crippen molar-refractivity contribution >= 4 is 0 Å². The number of pyridine rings is 1. The van der Waals surface area contributed by atoms with Gasteiger partial charge in [-0.1, -0.05) is 0 Å². The first-order valence-electron chi connectivity index (χ1n) is 8.51. The Hall–Kier alpha value is -0.930. The summed E-state index contributed by atoms with van der Waals surface area (Å²) < 4.78 is 5.46. The molecule has 3 rings (SSSR count). The number of hydrogen-bond donors (Lipinski definition) is 0. The summed E-state index contributed by atoms with van der Waals surface area (Å²) >= 11 is 0. The topological polar surface area (TPSA) is 25.4 Å². The van der Waals surface area contributed by atoms with Gasteiger partial charge in [0.05, 0.1) is 0 Å². The van der Waals surface area contributed by atoms with E-state index in [2.05, 4.69) is 28.9 Å². The quantitative estimate of drug-likeness (QED) is 0.851. The van der Waals surface area contributed by atoms with Crippen molar-refractivity contribution in [2.75, 3.05) is 32.8 Å². The lowest BCUT2D eigenvalue weighted by molar-refractivity contribution is 0.0468. The number of piperidine rings is 1. The smallest absolute Gasteiger partial charge is 0.0469 e. The van der Waals surface area contributed by atoms with E-state index in [0.29, 0.717) is 0 Å². The first-order chi connectivity index (χ1) is 10.3. The van der Waals surface area contributed by atoms with Gasteiger partial charge in [0.1, 0.15) is 0 Å². The summed E-state index contributed by atoms with van der Waals surface area (Å²) in [6.07, 6.45) is 8.40. The van der Waals surface area contributed by atoms with Gasteiger partial charge in [0.15, 0.2) is 0 Å². The number of aryl methyl sites for hydroxylation is 1. The summed E-state index contributed by atoms with van der Waals surface area (Å²) in [6.45, 7) is 7.90. The molecule has 0 saturated carbocycles. The first-order valence-corrected chi connectivity index (χ1v) is 8.51. The van der Waals surface area contributed by atoms with E-state index in [1.54, 1.807) is 0 Å². The molecule has 3 heterocycles. The molecule has 3 heteroatoms. The minimum absolute atomic E-state index is 0.859. The highest BCUT2D eigenvalue weighted by atomic mass is 16.5. The fourth-order valence-corrected chi connectivity index (χ4v) is 3.73. The predicted octanol–water partition coefficient (Wildman–Crippen LogP) is 3.07. The minimum Gasteiger partial charge on any atom is -0.381 e. The van der Waals surface area contributed by atoms with Crippen molar-refractivity contribution in [2.45, 2.75) is 39.0 Å². The molecule has 1 aromatic rings. The Morgan fingerprint density at radius 3 is 2.62 bits per heavy atom. The second kappa shape index (κ2) is 7.37. The Balaban J connectivity index is 1.42. The molecule has 21 heavy (non-hydrogen) atoms. The van der Waals surface area contributed by atoms with E-state index in [4.69, 9.17) is 4.74 Å². The zero-order valence-corrected chi connectivity index (χ0v) is 13.3. The van der Waals surface area contributed by atoms with Gasteiger partial charge in [-0.2, -0.15) is 0 Å². The third kappa shape index (κ3) is 4.52. The van der Waals surface area contributed by atoms with E-state index >= 15 is 0 Å². The number of ether oxygens (including phenoxy) is 1. The van der Waals surface area contributed by atoms with Gasteiger partial charge in [-0.05, 0) is 81.6 Å². The van der Waals surface area contributed by atoms with Crippen LogP contribution in [0.25, 0.3) is 0 Å². The van der Waals surface area contributed by atoms with Crippen molar-refractivity contribution in [1.29, 1.82) is 0 Å². The Kier molecular flexibility index (Phi) is 5.26. The molecular formula is C18H28N2O. The van der Waals surface area contributed by atoms with Crippen LogP contribution in [0.3, 0.4) is 0 Å². The van der Waals surface area contributed by atoms with Gasteiger partial charge in [0, 0.05) is 31.6 Å². The maximum absolute atomic E-state index is 5.46. The highest BCUT2D eigenvalue weighted by molar-refractivity contribution is 5.16. The summed E-state index contributed by atoms with van der Waals surface area (Å²) in [4.78, 5) is 6.98. The molecular weight excluding hydrogens is 260 g/mol. The first kappa shape index (κ1) is 15.0. The lowest BCUT2D eigenvalue weighted by atomic mass is 9.89. The zero-order chi connectivity index (χ0) is 14.5. The highest BCUT2D eigenvalue weighted by Gasteiger charge is 2.23. The Bertz CT molecular complexity index is 435. The summed E-state index contributed by atoms with van der Waals surface area (Å²) in [6, 6.07) is 4.43. The van der Waals surface area contributed by atoms with E-state index in [1.165, 1.54) is 57.3 Å². The van der Waals surface area contributed by atoms with Crippen LogP contribution in [0, 0.1) is 18.8 Å². The molecule has 0 aromatic carbocycles. The van der Waals surface area contributed by atoms with E-state index in [1.807, 2.05) is 6.20 Å². The number of nitrogens with zero attached hydrogens (tertiary/aromatic N) is 2. The molecule has 0 N–H and O–H groups in total. The van der Waals surface area contributed by atoms with Crippen LogP contribution in [-0.4, -0.2) is 42.7 Å². The van der Waals surface area contributed by atoms with Crippen molar-refractivity contribution in [3.05, 3.63) is 29.6 Å². The van der Waals surface area contributed by atoms with Gasteiger partial charge in [-0.25, -0.2) is 0 Å². The molecule has 2 fully saturated rings. The lowest BCUT2D eigenvalue weighted by Crippen LogP contribution is -2.38. The normalized spacial score (nSPS) is 22.5. The molecule has 116 valence electrons. The van der Waals surface area contributed by atoms with E-state index < -0.39 is 0 Å². The van der Waals surface area contributed by atoms with Gasteiger partial charge in [-0.3, -0.25) is 4.98 Å². The summed E-state index contributed by atoms with van der Waals surface area (Å²) in [5.41, 5.74) is 2.61. The van der Waals surface area contributed by atoms with Crippen LogP contribution in [0.5, 0.6) is 0 Å². The molecule has 0 unspecified atom stereocenters. The van der Waals surface area contributed by atoms with Gasteiger partial charge >= 0.3 is 0 Å². The van der Waals surface area contributed by atoms with Crippen LogP contribution in [0.4, 0.5) is 0 Å². The largest absolute Gasteiger partial charge is 0.381 e. The molecule has 0 atom stereocenters. The molecule has 0 amide bonds. The average Bonchev–Trinajstić information content (AvgIpc) is 2.50. The second-order valence-electron chi connectivity index (χ2n) is 6.81. The Labute approximate surface area is 128 Å². The van der Waals surface area contributed by atoms with Gasteiger partial charge in [-0.15, -0.1) is 0 Å². The Morgan fingerprint density at radius 2 is 1.90 bits per heavy atom. The van der Waals surface area contributed by atoms with Gasteiger partial charge < -0.3 is 9.64 Å². The van der Waals surface area contributed by atoms with Crippen LogP contribution in [0.15, 0.2) is 18.3 Å². The van der Waals surface area contributed by atoms with Gasteiger partial charge in [0.2, 0.25) is 0 Å². The van der Waals surface area contributed by atoms with Crippen molar-refractivity contribution in [3.8, 4) is 0 Å². The zero-order valence-electron chi connectivity index (χ0n) is 13.3. The predicted molar refractivity (Wildman–Crippen MR) is 85.4 cm³/mol. The number of likely N-dealkylation sites (tertiary alicyclic amines) is 1. The van der Waals surface area contributed by atoms with E-state index in [9.17, 15) is 0 Å². The third-order valence-electron chi connectivity index (χ3n) is 5.05. The minimum atomic E-state index is 0.859. The summed E-state index contributed by atoms with van der Waals surface area (Å²) in [5, 5.41) is 0. The molecule has 0 bridgehead atoms. The third-order valence-corrected chi connectivity index (χ3v) is 5.05. The highest BCUT2D eigenvalue weighted by Crippen LogP contribution is 2.24. The monoisotopic (exact) mass is 288 g/mol. The van der Waals surface area contributed by atoms with Crippen LogP contribution < -0.4 is 0 Å². The summed E-state index contributed by atoms with van der Waals surface area (Å²) in [5.74, 6) is 1.73. The lowest BCUT2D eigenvalue weighted by Gasteiger charge is -2.35. The van der Waals surface area contributed by atoms with Crippen molar-refractivity contribution < 1.29 is 4.74 Å². The standard InChI is InChI=1S/C18H28N2O/c1-15-12-18(2-7-19-15)13-16-3-8-20(9-4-16)14-17-5-10-21-11-6-17/h2,7,12,16-17H,3-6,8-11,13-14H2,1H3. The van der Waals surface area contributed by atoms with Crippen LogP contribution in [-0.2, 0) is 11.2 Å². The van der Waals surface area contributed by atoms with E-state index in [-0.39, 0.29) is 0 Å². The fraction of sp³-hybridized carbons (Fsp3) is 0.722. The fourth-order valence-electron chi connectivity index (χ4n) is 3.73. The molecule has 2 aliphatic rings. The molecule has 0 spiro atoms. The second-order valence-corrected chi connectivity index (χ2v) is 6.81. The van der Waals surface area contributed by atoms with Crippen molar-refractivity contribution in [2.24, 2.45) is 11.8 Å². The molecule has 0 radical (unpaired) electrons. The molecule has 1 aromatic heterocycles. The van der Waals surface area contributed by atoms with Gasteiger partial charge in [0.25, 0.3) is 0 Å². The average molecular weight is 288 g/mol. The Morgan fingerprint density at radius 1 is 1.14 bits per heavy atom.